The van der Waals surface area contributed by atoms with Crippen LogP contribution in [-0.2, 0) is 4.65 Å². The van der Waals surface area contributed by atoms with E-state index in [0.717, 1.165) is 32.8 Å². The first kappa shape index (κ1) is 19.2. The van der Waals surface area contributed by atoms with Crippen LogP contribution in [0.1, 0.15) is 27.7 Å². The molecular weight excluding hydrogens is 371 g/mol. The Bertz CT molecular complexity index is 1410. The summed E-state index contributed by atoms with van der Waals surface area (Å²) in [4.78, 5) is 0. The van der Waals surface area contributed by atoms with Crippen LogP contribution in [0.4, 0.5) is 0 Å². The molecule has 1 N–H and O–H groups in total. The summed E-state index contributed by atoms with van der Waals surface area (Å²) < 4.78 is 12.6. The average molecular weight is 396 g/mol. The van der Waals surface area contributed by atoms with Gasteiger partial charge in [-0.15, -0.1) is 0 Å². The maximum absolute atomic E-state index is 10.4. The van der Waals surface area contributed by atoms with Gasteiger partial charge in [-0.2, -0.15) is 0 Å². The summed E-state index contributed by atoms with van der Waals surface area (Å²) in [6.07, 6.45) is 0. The molecule has 5 aromatic rings. The lowest BCUT2D eigenvalue weighted by Gasteiger charge is -2.37. The fourth-order valence-electron chi connectivity index (χ4n) is 4.00. The van der Waals surface area contributed by atoms with E-state index >= 15 is 0 Å². The van der Waals surface area contributed by atoms with Crippen molar-refractivity contribution >= 4 is 56.4 Å². The Morgan fingerprint density at radius 2 is 1.50 bits per heavy atom. The Morgan fingerprint density at radius 1 is 0.767 bits per heavy atom. The summed E-state index contributed by atoms with van der Waals surface area (Å²) in [6, 6.07) is 23.1. The third kappa shape index (κ3) is 2.91. The first-order valence-electron chi connectivity index (χ1n) is 10.4. The van der Waals surface area contributed by atoms with Gasteiger partial charge in [-0.25, -0.2) is 0 Å². The molecule has 0 aliphatic carbocycles. The maximum atomic E-state index is 10.4. The van der Waals surface area contributed by atoms with Gasteiger partial charge in [0.15, 0.2) is 0 Å². The van der Waals surface area contributed by atoms with Gasteiger partial charge < -0.3 is 14.2 Å². The minimum absolute atomic E-state index is 0.399. The molecule has 1 heterocycles. The Balaban J connectivity index is 1.73. The van der Waals surface area contributed by atoms with E-state index in [1.165, 1.54) is 16.2 Å². The molecule has 0 saturated carbocycles. The zero-order valence-corrected chi connectivity index (χ0v) is 17.8. The first-order valence-corrected chi connectivity index (χ1v) is 10.4. The Labute approximate surface area is 176 Å². The smallest absolute Gasteiger partial charge is 0.310 e. The van der Waals surface area contributed by atoms with Crippen LogP contribution in [0, 0.1) is 0 Å². The first-order chi connectivity index (χ1) is 14.3. The van der Waals surface area contributed by atoms with Gasteiger partial charge in [-0.3, -0.25) is 0 Å². The van der Waals surface area contributed by atoms with Crippen LogP contribution in [0.3, 0.4) is 0 Å². The minimum Gasteiger partial charge on any atom is -0.455 e. The Hall–Kier alpha value is -2.82. The molecule has 0 saturated heterocycles. The van der Waals surface area contributed by atoms with E-state index < -0.39 is 11.2 Å². The molecule has 30 heavy (non-hydrogen) atoms. The summed E-state index contributed by atoms with van der Waals surface area (Å²) in [5.74, 6) is 0. The van der Waals surface area contributed by atoms with Gasteiger partial charge in [0.05, 0.1) is 11.2 Å². The summed E-state index contributed by atoms with van der Waals surface area (Å²) in [6.45, 7) is 7.39. The molecular formula is C26H25BO3. The van der Waals surface area contributed by atoms with Gasteiger partial charge in [0, 0.05) is 16.2 Å². The fourth-order valence-corrected chi connectivity index (χ4v) is 4.00. The van der Waals surface area contributed by atoms with E-state index in [0.29, 0.717) is 7.48 Å². The Kier molecular flexibility index (Phi) is 4.21. The van der Waals surface area contributed by atoms with Gasteiger partial charge in [-0.1, -0.05) is 54.6 Å². The number of hydrogen-bond donors (Lipinski definition) is 1. The predicted octanol–water partition coefficient (Wildman–Crippen LogP) is 5.44. The van der Waals surface area contributed by atoms with Crippen LogP contribution in [0.15, 0.2) is 71.1 Å². The minimum atomic E-state index is -0.950. The van der Waals surface area contributed by atoms with Crippen molar-refractivity contribution in [3.05, 3.63) is 66.7 Å². The summed E-state index contributed by atoms with van der Waals surface area (Å²) in [7, 11) is 0.399. The SMILES string of the molecule is CC(C)(O)C(C)(C)OBc1cccc2oc3c(ccc4ccc5ccccc5c43)c12. The lowest BCUT2D eigenvalue weighted by atomic mass is 9.80. The van der Waals surface area contributed by atoms with Crippen LogP contribution in [-0.4, -0.2) is 23.8 Å². The number of hydrogen-bond acceptors (Lipinski definition) is 3. The Morgan fingerprint density at radius 3 is 2.30 bits per heavy atom. The molecule has 0 radical (unpaired) electrons. The third-order valence-electron chi connectivity index (χ3n) is 6.52. The highest BCUT2D eigenvalue weighted by atomic mass is 16.5. The van der Waals surface area contributed by atoms with Crippen molar-refractivity contribution in [3.8, 4) is 0 Å². The number of benzene rings is 4. The van der Waals surface area contributed by atoms with Crippen molar-refractivity contribution < 1.29 is 14.2 Å². The van der Waals surface area contributed by atoms with E-state index in [-0.39, 0.29) is 0 Å². The molecule has 0 amide bonds. The number of fused-ring (bicyclic) bond motifs is 7. The lowest BCUT2D eigenvalue weighted by Crippen LogP contribution is -2.49. The molecule has 0 spiro atoms. The molecule has 0 bridgehead atoms. The summed E-state index contributed by atoms with van der Waals surface area (Å²) in [5.41, 5.74) is 1.19. The van der Waals surface area contributed by atoms with Gasteiger partial charge in [0.25, 0.3) is 0 Å². The molecule has 3 nitrogen and oxygen atoms in total. The molecule has 4 aromatic carbocycles. The van der Waals surface area contributed by atoms with Gasteiger partial charge in [0.1, 0.15) is 11.2 Å². The van der Waals surface area contributed by atoms with E-state index in [1.807, 2.05) is 26.0 Å². The normalized spacial score (nSPS) is 13.0. The van der Waals surface area contributed by atoms with Crippen molar-refractivity contribution in [3.63, 3.8) is 0 Å². The van der Waals surface area contributed by atoms with Crippen molar-refractivity contribution in [1.29, 1.82) is 0 Å². The van der Waals surface area contributed by atoms with Gasteiger partial charge in [0.2, 0.25) is 0 Å². The van der Waals surface area contributed by atoms with E-state index in [1.54, 1.807) is 13.8 Å². The third-order valence-corrected chi connectivity index (χ3v) is 6.52. The summed E-state index contributed by atoms with van der Waals surface area (Å²) in [5, 5.41) is 17.3. The molecule has 0 aliphatic heterocycles. The zero-order valence-electron chi connectivity index (χ0n) is 17.8. The van der Waals surface area contributed by atoms with Crippen molar-refractivity contribution in [2.75, 3.05) is 0 Å². The largest absolute Gasteiger partial charge is 0.455 e. The number of furan rings is 1. The highest BCUT2D eigenvalue weighted by Gasteiger charge is 2.35. The average Bonchev–Trinajstić information content (AvgIpc) is 3.10. The molecule has 1 aromatic heterocycles. The summed E-state index contributed by atoms with van der Waals surface area (Å²) >= 11 is 0. The van der Waals surface area contributed by atoms with E-state index in [9.17, 15) is 5.11 Å². The van der Waals surface area contributed by atoms with Crippen LogP contribution >= 0.6 is 0 Å². The predicted molar refractivity (Wildman–Crippen MR) is 127 cm³/mol. The highest BCUT2D eigenvalue weighted by Crippen LogP contribution is 2.37. The molecule has 0 atom stereocenters. The quantitative estimate of drug-likeness (QED) is 0.325. The topological polar surface area (TPSA) is 42.6 Å². The fraction of sp³-hybridized carbons (Fsp3) is 0.231. The molecule has 5 rings (SSSR count). The number of rotatable bonds is 4. The molecule has 0 unspecified atom stereocenters. The molecule has 0 fully saturated rings. The lowest BCUT2D eigenvalue weighted by molar-refractivity contribution is -0.0893. The van der Waals surface area contributed by atoms with Crippen molar-refractivity contribution in [1.82, 2.24) is 0 Å². The molecule has 150 valence electrons. The van der Waals surface area contributed by atoms with Crippen LogP contribution in [0.2, 0.25) is 0 Å². The monoisotopic (exact) mass is 396 g/mol. The number of aliphatic hydroxyl groups is 1. The van der Waals surface area contributed by atoms with E-state index in [2.05, 4.69) is 54.6 Å². The highest BCUT2D eigenvalue weighted by molar-refractivity contribution is 6.53. The van der Waals surface area contributed by atoms with Gasteiger partial charge in [-0.05, 0) is 61.4 Å². The van der Waals surface area contributed by atoms with Crippen molar-refractivity contribution in [2.45, 2.75) is 38.9 Å². The molecule has 4 heteroatoms. The van der Waals surface area contributed by atoms with Crippen LogP contribution < -0.4 is 5.46 Å². The second-order valence-electron chi connectivity index (χ2n) is 9.08. The zero-order chi connectivity index (χ0) is 21.1. The standard InChI is InChI=1S/C26H25BO3/c1-25(2,28)26(3,4)30-27-20-10-7-11-21-23(20)19-15-14-17-13-12-16-8-5-6-9-18(16)22(17)24(19)29-21/h5-15,27-28H,1-4H3. The maximum Gasteiger partial charge on any atom is 0.310 e. The van der Waals surface area contributed by atoms with E-state index in [4.69, 9.17) is 9.07 Å². The van der Waals surface area contributed by atoms with Gasteiger partial charge >= 0.3 is 7.48 Å². The second-order valence-corrected chi connectivity index (χ2v) is 9.08. The van der Waals surface area contributed by atoms with Crippen LogP contribution in [0.5, 0.6) is 0 Å². The molecule has 0 aliphatic rings. The van der Waals surface area contributed by atoms with Crippen LogP contribution in [0.25, 0.3) is 43.5 Å². The second kappa shape index (κ2) is 6.59. The van der Waals surface area contributed by atoms with Crippen molar-refractivity contribution in [2.24, 2.45) is 0 Å².